The fraction of sp³-hybridized carbons (Fsp3) is 0.306. The van der Waals surface area contributed by atoms with Crippen LogP contribution in [0.3, 0.4) is 0 Å². The predicted molar refractivity (Wildman–Crippen MR) is 181 cm³/mol. The van der Waals surface area contributed by atoms with Crippen molar-refractivity contribution in [3.05, 3.63) is 81.9 Å². The molecule has 0 saturated carbocycles. The molecule has 4 heterocycles. The van der Waals surface area contributed by atoms with Crippen LogP contribution in [0.4, 0.5) is 0 Å². The highest BCUT2D eigenvalue weighted by Crippen LogP contribution is 2.32. The van der Waals surface area contributed by atoms with Gasteiger partial charge in [0.1, 0.15) is 12.1 Å². The third kappa shape index (κ3) is 7.41. The molecule has 16 heteroatoms. The molecule has 2 aromatic carbocycles. The van der Waals surface area contributed by atoms with Gasteiger partial charge in [0.25, 0.3) is 17.7 Å². The van der Waals surface area contributed by atoms with Crippen molar-refractivity contribution in [3.8, 4) is 0 Å². The van der Waals surface area contributed by atoms with Crippen LogP contribution in [-0.4, -0.2) is 101 Å². The van der Waals surface area contributed by atoms with E-state index in [2.05, 4.69) is 21.3 Å². The zero-order chi connectivity index (χ0) is 36.9. The van der Waals surface area contributed by atoms with E-state index in [9.17, 15) is 43.2 Å². The molecule has 2 fully saturated rings. The Morgan fingerprint density at radius 2 is 1.27 bits per heavy atom. The Morgan fingerprint density at radius 3 is 1.87 bits per heavy atom. The van der Waals surface area contributed by atoms with Crippen LogP contribution in [0.1, 0.15) is 73.4 Å². The lowest BCUT2D eigenvalue weighted by atomic mass is 10.0. The van der Waals surface area contributed by atoms with Gasteiger partial charge in [-0.2, -0.15) is 0 Å². The number of imide groups is 3. The van der Waals surface area contributed by atoms with E-state index in [0.29, 0.717) is 16.7 Å². The summed E-state index contributed by atoms with van der Waals surface area (Å²) in [5.74, 6) is -4.60. The molecule has 4 aliphatic heterocycles. The largest absolute Gasteiger partial charge is 0.378 e. The van der Waals surface area contributed by atoms with Crippen LogP contribution in [0.2, 0.25) is 0 Å². The smallest absolute Gasteiger partial charge is 0.262 e. The van der Waals surface area contributed by atoms with Gasteiger partial charge in [0.05, 0.1) is 29.9 Å². The summed E-state index contributed by atoms with van der Waals surface area (Å²) in [5.41, 5.74) is 2.15. The number of nitrogens with zero attached hydrogens (tertiary/aromatic N) is 2. The third-order valence-electron chi connectivity index (χ3n) is 9.00. The summed E-state index contributed by atoms with van der Waals surface area (Å²) in [5, 5.41) is 9.74. The van der Waals surface area contributed by atoms with E-state index in [1.165, 1.54) is 35.3 Å². The fourth-order valence-electron chi connectivity index (χ4n) is 6.51. The summed E-state index contributed by atoms with van der Waals surface area (Å²) in [6.45, 7) is 0.845. The molecule has 6 rings (SSSR count). The maximum atomic E-state index is 13.2. The first-order valence-corrected chi connectivity index (χ1v) is 16.6. The summed E-state index contributed by atoms with van der Waals surface area (Å²) in [6.07, 6.45) is 5.86. The number of carbonyl (C=O) groups is 9. The van der Waals surface area contributed by atoms with E-state index in [4.69, 9.17) is 4.74 Å². The van der Waals surface area contributed by atoms with E-state index in [1.54, 1.807) is 30.3 Å². The number of amides is 9. The van der Waals surface area contributed by atoms with Crippen molar-refractivity contribution in [1.82, 2.24) is 31.1 Å². The van der Waals surface area contributed by atoms with Gasteiger partial charge in [0.2, 0.25) is 35.4 Å². The SMILES string of the molecule is O=C(/C=C/c1cccc2c1C(=O)N(C1CCC(=O)NC1=O)C2)NCCOCCNC(=O)/C=C/c1cccc2c1C(=O)N(C1CCC(=O)NC1=O)C2=O. The van der Waals surface area contributed by atoms with Gasteiger partial charge >= 0.3 is 0 Å². The van der Waals surface area contributed by atoms with Crippen LogP contribution < -0.4 is 21.3 Å². The zero-order valence-corrected chi connectivity index (χ0v) is 27.8. The molecule has 0 radical (unpaired) electrons. The highest BCUT2D eigenvalue weighted by Gasteiger charge is 2.45. The summed E-state index contributed by atoms with van der Waals surface area (Å²) in [4.78, 5) is 114. The van der Waals surface area contributed by atoms with Crippen LogP contribution in [0, 0.1) is 0 Å². The van der Waals surface area contributed by atoms with Crippen molar-refractivity contribution in [2.75, 3.05) is 26.3 Å². The lowest BCUT2D eigenvalue weighted by molar-refractivity contribution is -0.138. The van der Waals surface area contributed by atoms with Crippen molar-refractivity contribution in [1.29, 1.82) is 0 Å². The van der Waals surface area contributed by atoms with Crippen molar-refractivity contribution < 1.29 is 47.9 Å². The lowest BCUT2D eigenvalue weighted by Gasteiger charge is -2.29. The number of rotatable bonds is 12. The molecular weight excluding hydrogens is 676 g/mol. The number of piperidine rings is 2. The van der Waals surface area contributed by atoms with Crippen molar-refractivity contribution in [2.24, 2.45) is 0 Å². The van der Waals surface area contributed by atoms with E-state index in [-0.39, 0.29) is 81.5 Å². The van der Waals surface area contributed by atoms with E-state index in [0.717, 1.165) is 10.5 Å². The van der Waals surface area contributed by atoms with Crippen molar-refractivity contribution in [3.63, 3.8) is 0 Å². The van der Waals surface area contributed by atoms with Crippen LogP contribution in [-0.2, 0) is 40.0 Å². The van der Waals surface area contributed by atoms with Crippen LogP contribution in [0.5, 0.6) is 0 Å². The lowest BCUT2D eigenvalue weighted by Crippen LogP contribution is -2.54. The van der Waals surface area contributed by atoms with Gasteiger partial charge in [0.15, 0.2) is 0 Å². The number of fused-ring (bicyclic) bond motifs is 2. The Labute approximate surface area is 296 Å². The van der Waals surface area contributed by atoms with E-state index < -0.39 is 53.4 Å². The standard InChI is InChI=1S/C36H34N6O10/c43-26(11-7-20-3-1-5-22-19-41(35(50)30(20)22)24-9-13-28(45)39-32(24)47)37-15-17-52-18-16-38-27(44)12-8-21-4-2-6-23-31(21)36(51)42(34(23)49)25-10-14-29(46)40-33(25)48/h1-8,11-12,24-25H,9-10,13-19H2,(H,37,43)(H,38,44)(H,39,45,47)(H,40,46,48)/b11-7+,12-8+. The maximum absolute atomic E-state index is 13.2. The Balaban J connectivity index is 0.914. The van der Waals surface area contributed by atoms with E-state index in [1.807, 2.05) is 0 Å². The fourth-order valence-corrected chi connectivity index (χ4v) is 6.51. The van der Waals surface area contributed by atoms with Crippen LogP contribution >= 0.6 is 0 Å². The minimum atomic E-state index is -1.10. The van der Waals surface area contributed by atoms with Gasteiger partial charge in [-0.3, -0.25) is 58.7 Å². The Morgan fingerprint density at radius 1 is 0.712 bits per heavy atom. The number of ether oxygens (including phenoxy) is 1. The Kier molecular flexibility index (Phi) is 10.5. The molecule has 0 spiro atoms. The minimum Gasteiger partial charge on any atom is -0.378 e. The molecule has 4 N–H and O–H groups in total. The molecule has 2 aromatic rings. The first-order chi connectivity index (χ1) is 25.0. The monoisotopic (exact) mass is 710 g/mol. The van der Waals surface area contributed by atoms with Crippen LogP contribution in [0.25, 0.3) is 12.2 Å². The second-order valence-corrected chi connectivity index (χ2v) is 12.4. The number of nitrogens with one attached hydrogen (secondary N) is 4. The normalized spacial score (nSPS) is 20.0. The predicted octanol–water partition coefficient (Wildman–Crippen LogP) is -0.176. The Hall–Kier alpha value is -6.29. The van der Waals surface area contributed by atoms with Gasteiger partial charge < -0.3 is 20.3 Å². The second kappa shape index (κ2) is 15.3. The summed E-state index contributed by atoms with van der Waals surface area (Å²) in [7, 11) is 0. The van der Waals surface area contributed by atoms with Gasteiger partial charge in [-0.1, -0.05) is 30.3 Å². The average Bonchev–Trinajstić information content (AvgIpc) is 3.58. The summed E-state index contributed by atoms with van der Waals surface area (Å²) < 4.78 is 5.47. The quantitative estimate of drug-likeness (QED) is 0.129. The highest BCUT2D eigenvalue weighted by atomic mass is 16.5. The molecule has 52 heavy (non-hydrogen) atoms. The van der Waals surface area contributed by atoms with Gasteiger partial charge in [-0.05, 0) is 47.8 Å². The zero-order valence-electron chi connectivity index (χ0n) is 27.8. The topological polar surface area (TPSA) is 217 Å². The Bertz CT molecular complexity index is 1970. The minimum absolute atomic E-state index is 0.00390. The third-order valence-corrected chi connectivity index (χ3v) is 9.00. The molecule has 0 aromatic heterocycles. The molecule has 268 valence electrons. The highest BCUT2D eigenvalue weighted by molar-refractivity contribution is 6.24. The first-order valence-electron chi connectivity index (χ1n) is 16.6. The molecule has 0 bridgehead atoms. The summed E-state index contributed by atoms with van der Waals surface area (Å²) >= 11 is 0. The van der Waals surface area contributed by atoms with Crippen LogP contribution in [0.15, 0.2) is 48.6 Å². The molecule has 2 unspecified atom stereocenters. The van der Waals surface area contributed by atoms with E-state index >= 15 is 0 Å². The maximum Gasteiger partial charge on any atom is 0.262 e. The molecule has 4 aliphatic rings. The van der Waals surface area contributed by atoms with Gasteiger partial charge in [0, 0.05) is 44.6 Å². The number of hydrogen-bond donors (Lipinski definition) is 4. The molecule has 9 amide bonds. The number of benzene rings is 2. The number of carbonyl (C=O) groups excluding carboxylic acids is 9. The molecule has 0 aliphatic carbocycles. The number of hydrogen-bond acceptors (Lipinski definition) is 10. The van der Waals surface area contributed by atoms with Gasteiger partial charge in [-0.15, -0.1) is 0 Å². The first kappa shape index (κ1) is 35.5. The second-order valence-electron chi connectivity index (χ2n) is 12.4. The van der Waals surface area contributed by atoms with Crippen molar-refractivity contribution >= 4 is 65.3 Å². The summed E-state index contributed by atoms with van der Waals surface area (Å²) in [6, 6.07) is 8.00. The molecular formula is C36H34N6O10. The molecule has 2 saturated heterocycles. The van der Waals surface area contributed by atoms with Gasteiger partial charge in [-0.25, -0.2) is 0 Å². The molecule has 16 nitrogen and oxygen atoms in total. The van der Waals surface area contributed by atoms with Crippen molar-refractivity contribution in [2.45, 2.75) is 44.3 Å². The molecule has 2 atom stereocenters. The average molecular weight is 711 g/mol.